The van der Waals surface area contributed by atoms with Crippen LogP contribution >= 0.6 is 23.2 Å². The molecule has 224 valence electrons. The van der Waals surface area contributed by atoms with Crippen LogP contribution in [0.3, 0.4) is 0 Å². The lowest BCUT2D eigenvalue weighted by Crippen LogP contribution is -2.53. The van der Waals surface area contributed by atoms with Crippen molar-refractivity contribution in [1.29, 1.82) is 0 Å². The third-order valence-corrected chi connectivity index (χ3v) is 9.52. The molecule has 0 N–H and O–H groups in total. The minimum Gasteiger partial charge on any atom is -0.496 e. The molecule has 15 heteroatoms. The minimum atomic E-state index is -4.74. The fourth-order valence-electron chi connectivity index (χ4n) is 5.23. The van der Waals surface area contributed by atoms with Gasteiger partial charge in [-0.15, -0.1) is 0 Å². The number of rotatable bonds is 5. The topological polar surface area (TPSA) is 90.5 Å². The summed E-state index contributed by atoms with van der Waals surface area (Å²) in [5, 5.41) is 0.604. The maximum Gasteiger partial charge on any atom is 0.419 e. The van der Waals surface area contributed by atoms with Crippen molar-refractivity contribution >= 4 is 45.2 Å². The highest BCUT2D eigenvalue weighted by atomic mass is 35.5. The van der Waals surface area contributed by atoms with E-state index in [4.69, 9.17) is 27.9 Å². The summed E-state index contributed by atoms with van der Waals surface area (Å²) in [6, 6.07) is 7.16. The lowest BCUT2D eigenvalue weighted by atomic mass is 9.93. The predicted molar refractivity (Wildman–Crippen MR) is 148 cm³/mol. The molecule has 2 aliphatic heterocycles. The van der Waals surface area contributed by atoms with Crippen molar-refractivity contribution in [2.75, 3.05) is 59.7 Å². The van der Waals surface area contributed by atoms with Crippen LogP contribution in [-0.4, -0.2) is 105 Å². The molecule has 3 amide bonds. The molecule has 0 unspecified atom stereocenters. The molecule has 2 aromatic rings. The highest BCUT2D eigenvalue weighted by molar-refractivity contribution is 7.88. The Morgan fingerprint density at radius 2 is 1.63 bits per heavy atom. The number of piperazine rings is 1. The standard InChI is InChI=1S/C26H29Cl2F3N4O5S/c1-32(24(36)17-5-7-23(40-2)19(12-17)26(29,30)31)22-15-34(14-18(22)16-4-6-20(27)21(28)13-16)25(37)33-8-10-35(11-9-33)41(3,38)39/h4-7,12-13,18,22H,8-11,14-15H2,1-3H3/t18-,22-/m0/s1. The Hall–Kier alpha value is -2.74. The molecule has 4 rings (SSSR count). The fourth-order valence-corrected chi connectivity index (χ4v) is 6.37. The zero-order valence-corrected chi connectivity index (χ0v) is 24.8. The van der Waals surface area contributed by atoms with Crippen LogP contribution in [0.15, 0.2) is 36.4 Å². The Morgan fingerprint density at radius 1 is 0.976 bits per heavy atom. The van der Waals surface area contributed by atoms with Gasteiger partial charge in [-0.3, -0.25) is 4.79 Å². The third kappa shape index (κ3) is 6.68. The van der Waals surface area contributed by atoms with Crippen molar-refractivity contribution in [3.05, 3.63) is 63.1 Å². The molecule has 0 spiro atoms. The average molecular weight is 638 g/mol. The van der Waals surface area contributed by atoms with Gasteiger partial charge in [0.1, 0.15) is 5.75 Å². The number of carbonyl (C=O) groups excluding carboxylic acids is 2. The summed E-state index contributed by atoms with van der Waals surface area (Å²) in [5.74, 6) is -1.50. The molecule has 0 aliphatic carbocycles. The van der Waals surface area contributed by atoms with Gasteiger partial charge in [0, 0.05) is 57.8 Å². The summed E-state index contributed by atoms with van der Waals surface area (Å²) >= 11 is 12.4. The van der Waals surface area contributed by atoms with Crippen molar-refractivity contribution in [3.8, 4) is 5.75 Å². The van der Waals surface area contributed by atoms with Crippen LogP contribution in [0.5, 0.6) is 5.75 Å². The smallest absolute Gasteiger partial charge is 0.419 e. The third-order valence-electron chi connectivity index (χ3n) is 7.48. The lowest BCUT2D eigenvalue weighted by molar-refractivity contribution is -0.138. The summed E-state index contributed by atoms with van der Waals surface area (Å²) in [6.07, 6.45) is -3.62. The average Bonchev–Trinajstić information content (AvgIpc) is 3.37. The number of carbonyl (C=O) groups is 2. The quantitative estimate of drug-likeness (QED) is 0.489. The zero-order valence-electron chi connectivity index (χ0n) is 22.5. The van der Waals surface area contributed by atoms with E-state index < -0.39 is 45.4 Å². The molecule has 9 nitrogen and oxygen atoms in total. The van der Waals surface area contributed by atoms with E-state index in [1.165, 1.54) is 22.3 Å². The monoisotopic (exact) mass is 636 g/mol. The number of hydrogen-bond donors (Lipinski definition) is 0. The number of ether oxygens (including phenoxy) is 1. The van der Waals surface area contributed by atoms with Crippen LogP contribution in [0.2, 0.25) is 10.0 Å². The number of hydrogen-bond acceptors (Lipinski definition) is 5. The normalized spacial score (nSPS) is 20.3. The SMILES string of the molecule is COc1ccc(C(=O)N(C)[C@H]2CN(C(=O)N3CCN(S(C)(=O)=O)CC3)C[C@H]2c2ccc(Cl)c(Cl)c2)cc1C(F)(F)F. The first-order chi connectivity index (χ1) is 19.1. The number of benzene rings is 2. The van der Waals surface area contributed by atoms with Gasteiger partial charge in [-0.2, -0.15) is 17.5 Å². The van der Waals surface area contributed by atoms with Crippen molar-refractivity contribution in [2.24, 2.45) is 0 Å². The van der Waals surface area contributed by atoms with Gasteiger partial charge < -0.3 is 19.4 Å². The highest BCUT2D eigenvalue weighted by Gasteiger charge is 2.43. The Bertz CT molecular complexity index is 1430. The van der Waals surface area contributed by atoms with Crippen LogP contribution in [-0.2, 0) is 16.2 Å². The molecule has 2 fully saturated rings. The summed E-state index contributed by atoms with van der Waals surface area (Å²) in [5.41, 5.74) is -0.557. The molecule has 0 radical (unpaired) electrons. The maximum absolute atomic E-state index is 13.6. The first kappa shape index (κ1) is 31.2. The summed E-state index contributed by atoms with van der Waals surface area (Å²) in [7, 11) is -0.787. The second-order valence-electron chi connectivity index (χ2n) is 10.0. The summed E-state index contributed by atoms with van der Waals surface area (Å²) in [6.45, 7) is 1.02. The number of halogens is 5. The van der Waals surface area contributed by atoms with Gasteiger partial charge in [0.2, 0.25) is 10.0 Å². The van der Waals surface area contributed by atoms with E-state index in [1.807, 2.05) is 0 Å². The maximum atomic E-state index is 13.6. The molecule has 2 saturated heterocycles. The number of sulfonamides is 1. The van der Waals surface area contributed by atoms with Gasteiger partial charge in [0.05, 0.1) is 35.0 Å². The van der Waals surface area contributed by atoms with Gasteiger partial charge in [0.25, 0.3) is 5.91 Å². The molecule has 2 aliphatic rings. The van der Waals surface area contributed by atoms with Crippen LogP contribution in [0.25, 0.3) is 0 Å². The lowest BCUT2D eigenvalue weighted by Gasteiger charge is -2.35. The van der Waals surface area contributed by atoms with Gasteiger partial charge in [-0.1, -0.05) is 29.3 Å². The second-order valence-corrected chi connectivity index (χ2v) is 12.8. The van der Waals surface area contributed by atoms with E-state index in [0.29, 0.717) is 10.6 Å². The summed E-state index contributed by atoms with van der Waals surface area (Å²) in [4.78, 5) is 31.4. The summed E-state index contributed by atoms with van der Waals surface area (Å²) < 4.78 is 70.8. The van der Waals surface area contributed by atoms with Crippen LogP contribution in [0.1, 0.15) is 27.4 Å². The number of likely N-dealkylation sites (N-methyl/N-ethyl adjacent to an activating group) is 1. The van der Waals surface area contributed by atoms with Crippen molar-refractivity contribution < 1.29 is 35.9 Å². The minimum absolute atomic E-state index is 0.0978. The molecule has 2 heterocycles. The molecular formula is C26H29Cl2F3N4O5S. The number of alkyl halides is 3. The number of methoxy groups -OCH3 is 1. The van der Waals surface area contributed by atoms with Gasteiger partial charge >= 0.3 is 12.2 Å². The van der Waals surface area contributed by atoms with E-state index >= 15 is 0 Å². The first-order valence-electron chi connectivity index (χ1n) is 12.6. The second kappa shape index (κ2) is 11.9. The van der Waals surface area contributed by atoms with Crippen LogP contribution in [0, 0.1) is 0 Å². The molecule has 0 aromatic heterocycles. The molecule has 0 bridgehead atoms. The largest absolute Gasteiger partial charge is 0.496 e. The van der Waals surface area contributed by atoms with Gasteiger partial charge in [0.15, 0.2) is 0 Å². The van der Waals surface area contributed by atoms with Gasteiger partial charge in [-0.25, -0.2) is 13.2 Å². The first-order valence-corrected chi connectivity index (χ1v) is 15.2. The van der Waals surface area contributed by atoms with Crippen molar-refractivity contribution in [3.63, 3.8) is 0 Å². The predicted octanol–water partition coefficient (Wildman–Crippen LogP) is 4.26. The van der Waals surface area contributed by atoms with E-state index in [0.717, 1.165) is 25.5 Å². The number of urea groups is 1. The molecule has 2 atom stereocenters. The van der Waals surface area contributed by atoms with Crippen LogP contribution < -0.4 is 4.74 Å². The van der Waals surface area contributed by atoms with E-state index in [-0.39, 0.29) is 55.9 Å². The molecule has 2 aromatic carbocycles. The Morgan fingerprint density at radius 3 is 2.20 bits per heavy atom. The number of amides is 3. The van der Waals surface area contributed by atoms with E-state index in [9.17, 15) is 31.2 Å². The van der Waals surface area contributed by atoms with Crippen LogP contribution in [0.4, 0.5) is 18.0 Å². The van der Waals surface area contributed by atoms with Gasteiger partial charge in [-0.05, 0) is 35.9 Å². The molecular weight excluding hydrogens is 608 g/mol. The Labute approximate surface area is 246 Å². The molecule has 41 heavy (non-hydrogen) atoms. The fraction of sp³-hybridized carbons (Fsp3) is 0.462. The molecule has 0 saturated carbocycles. The highest BCUT2D eigenvalue weighted by Crippen LogP contribution is 2.38. The van der Waals surface area contributed by atoms with Crippen molar-refractivity contribution in [1.82, 2.24) is 19.0 Å². The van der Waals surface area contributed by atoms with E-state index in [2.05, 4.69) is 0 Å². The van der Waals surface area contributed by atoms with Crippen molar-refractivity contribution in [2.45, 2.75) is 18.1 Å². The number of likely N-dealkylation sites (tertiary alicyclic amines) is 1. The Kier molecular flexibility index (Phi) is 9.03. The number of nitrogens with zero attached hydrogens (tertiary/aromatic N) is 4. The zero-order chi connectivity index (χ0) is 30.3. The van der Waals surface area contributed by atoms with E-state index in [1.54, 1.807) is 28.0 Å². The Balaban J connectivity index is 1.61.